The Morgan fingerprint density at radius 3 is 2.76 bits per heavy atom. The van der Waals surface area contributed by atoms with Gasteiger partial charge in [0.1, 0.15) is 11.6 Å². The van der Waals surface area contributed by atoms with Crippen LogP contribution in [-0.2, 0) is 24.1 Å². The average molecular weight is 457 g/mol. The summed E-state index contributed by atoms with van der Waals surface area (Å²) in [6.07, 6.45) is 0.539. The number of hydrogen-bond donors (Lipinski definition) is 0. The van der Waals surface area contributed by atoms with Gasteiger partial charge in [0.25, 0.3) is 0 Å². The number of carbonyl (C=O) groups is 1. The molecule has 1 aromatic heterocycles. The van der Waals surface area contributed by atoms with Gasteiger partial charge >= 0.3 is 6.18 Å². The number of nitrogens with zero attached hydrogens (tertiary/aromatic N) is 5. The second kappa shape index (κ2) is 9.10. The lowest BCUT2D eigenvalue weighted by Crippen LogP contribution is -2.25. The molecule has 2 aliphatic heterocycles. The zero-order valence-electron chi connectivity index (χ0n) is 17.4. The fourth-order valence-corrected chi connectivity index (χ4v) is 4.09. The Hall–Kier alpha value is -3.61. The van der Waals surface area contributed by atoms with E-state index in [9.17, 15) is 22.4 Å². The smallest absolute Gasteiger partial charge is 0.334 e. The van der Waals surface area contributed by atoms with Crippen LogP contribution in [0.25, 0.3) is 11.1 Å². The van der Waals surface area contributed by atoms with E-state index < -0.39 is 17.6 Å². The highest BCUT2D eigenvalue weighted by atomic mass is 19.4. The predicted octanol–water partition coefficient (Wildman–Crippen LogP) is 4.68. The lowest BCUT2D eigenvalue weighted by molar-refractivity contribution is -0.139. The van der Waals surface area contributed by atoms with Crippen molar-refractivity contribution in [3.8, 4) is 17.2 Å². The summed E-state index contributed by atoms with van der Waals surface area (Å²) in [6.45, 7) is 0.647. The molecule has 1 atom stereocenters. The Labute approximate surface area is 187 Å². The Bertz CT molecular complexity index is 1180. The first-order chi connectivity index (χ1) is 15.8. The molecule has 33 heavy (non-hydrogen) atoms. The molecule has 0 N–H and O–H groups in total. The van der Waals surface area contributed by atoms with Crippen LogP contribution in [0.4, 0.5) is 17.6 Å². The predicted molar refractivity (Wildman–Crippen MR) is 113 cm³/mol. The van der Waals surface area contributed by atoms with E-state index in [4.69, 9.17) is 5.26 Å². The molecule has 170 valence electrons. The maximum Gasteiger partial charge on any atom is 0.419 e. The van der Waals surface area contributed by atoms with Gasteiger partial charge in [-0.25, -0.2) is 9.38 Å². The fraction of sp³-hybridized carbons (Fsp3) is 0.348. The van der Waals surface area contributed by atoms with Crippen LogP contribution in [0.3, 0.4) is 0 Å². The molecule has 0 aliphatic carbocycles. The summed E-state index contributed by atoms with van der Waals surface area (Å²) < 4.78 is 54.0. The van der Waals surface area contributed by atoms with Crippen LogP contribution in [0, 0.1) is 17.1 Å². The van der Waals surface area contributed by atoms with Crippen molar-refractivity contribution in [3.05, 3.63) is 53.1 Å². The minimum atomic E-state index is -4.86. The monoisotopic (exact) mass is 457 g/mol. The number of benzene rings is 1. The molecule has 0 saturated heterocycles. The summed E-state index contributed by atoms with van der Waals surface area (Å²) in [5.41, 5.74) is 0.0935. The third-order valence-corrected chi connectivity index (χ3v) is 5.70. The Kier molecular flexibility index (Phi) is 6.22. The van der Waals surface area contributed by atoms with E-state index in [2.05, 4.69) is 15.0 Å². The zero-order chi connectivity index (χ0) is 23.6. The standard InChI is InChI=1S/C23H19F4N5O/c24-19-11-29-10-18(22(19)23(25,26)27)14-4-5-15-12-32(13-16(15)8-14)21(33)3-1-2-17-6-7-30-20(9-28)31-17/h4-5,7-8,10-11,17H,1-3,6,12-13H2. The highest BCUT2D eigenvalue weighted by Gasteiger charge is 2.37. The number of pyridine rings is 1. The lowest BCUT2D eigenvalue weighted by Gasteiger charge is -2.17. The molecule has 1 amide bonds. The SMILES string of the molecule is N#CC1=NC(CCCC(=O)N2Cc3ccc(-c4cncc(F)c4C(F)(F)F)cc3C2)CC=N1. The number of alkyl halides is 3. The van der Waals surface area contributed by atoms with Crippen molar-refractivity contribution >= 4 is 18.0 Å². The number of carbonyl (C=O) groups excluding carboxylic acids is 1. The number of aliphatic imine (C=N–C) groups is 2. The number of aromatic nitrogens is 1. The molecule has 0 radical (unpaired) electrons. The number of fused-ring (bicyclic) bond motifs is 1. The zero-order valence-corrected chi connectivity index (χ0v) is 17.4. The van der Waals surface area contributed by atoms with Crippen LogP contribution >= 0.6 is 0 Å². The summed E-state index contributed by atoms with van der Waals surface area (Å²) in [7, 11) is 0. The van der Waals surface area contributed by atoms with Crippen LogP contribution in [0.1, 0.15) is 42.4 Å². The molecule has 6 nitrogen and oxygen atoms in total. The van der Waals surface area contributed by atoms with Crippen molar-refractivity contribution in [3.63, 3.8) is 0 Å². The molecule has 4 rings (SSSR count). The molecule has 2 aliphatic rings. The van der Waals surface area contributed by atoms with Crippen molar-refractivity contribution in [2.24, 2.45) is 9.98 Å². The summed E-state index contributed by atoms with van der Waals surface area (Å²) in [6, 6.07) is 6.57. The molecule has 1 aromatic carbocycles. The first-order valence-corrected chi connectivity index (χ1v) is 10.4. The lowest BCUT2D eigenvalue weighted by atomic mass is 9.98. The summed E-state index contributed by atoms with van der Waals surface area (Å²) in [5.74, 6) is -1.34. The maximum absolute atomic E-state index is 13.9. The van der Waals surface area contributed by atoms with Gasteiger partial charge in [-0.2, -0.15) is 18.4 Å². The number of rotatable bonds is 5. The highest BCUT2D eigenvalue weighted by molar-refractivity contribution is 6.02. The van der Waals surface area contributed by atoms with Crippen LogP contribution in [-0.4, -0.2) is 33.9 Å². The highest BCUT2D eigenvalue weighted by Crippen LogP contribution is 2.39. The van der Waals surface area contributed by atoms with Crippen molar-refractivity contribution in [1.82, 2.24) is 9.88 Å². The topological polar surface area (TPSA) is 81.7 Å². The van der Waals surface area contributed by atoms with Crippen LogP contribution in [0.2, 0.25) is 0 Å². The molecule has 0 saturated carbocycles. The van der Waals surface area contributed by atoms with Crippen LogP contribution in [0.5, 0.6) is 0 Å². The number of halogens is 4. The number of hydrogen-bond acceptors (Lipinski definition) is 5. The number of nitriles is 1. The van der Waals surface area contributed by atoms with E-state index in [1.165, 1.54) is 6.07 Å². The summed E-state index contributed by atoms with van der Waals surface area (Å²) in [4.78, 5) is 26.0. The third kappa shape index (κ3) is 4.92. The summed E-state index contributed by atoms with van der Waals surface area (Å²) in [5, 5.41) is 8.88. The number of amidine groups is 1. The molecular formula is C23H19F4N5O. The second-order valence-corrected chi connectivity index (χ2v) is 7.93. The van der Waals surface area contributed by atoms with E-state index in [-0.39, 0.29) is 35.5 Å². The first-order valence-electron chi connectivity index (χ1n) is 10.4. The minimum Gasteiger partial charge on any atom is -0.334 e. The molecule has 3 heterocycles. The molecule has 0 fully saturated rings. The molecule has 10 heteroatoms. The Balaban J connectivity index is 1.41. The molecular weight excluding hydrogens is 438 g/mol. The van der Waals surface area contributed by atoms with E-state index in [1.54, 1.807) is 23.2 Å². The minimum absolute atomic E-state index is 0.0639. The number of amides is 1. The van der Waals surface area contributed by atoms with Crippen molar-refractivity contribution in [1.29, 1.82) is 5.26 Å². The third-order valence-electron chi connectivity index (χ3n) is 5.70. The van der Waals surface area contributed by atoms with Crippen molar-refractivity contribution < 1.29 is 22.4 Å². The normalized spacial score (nSPS) is 17.5. The largest absolute Gasteiger partial charge is 0.419 e. The van der Waals surface area contributed by atoms with E-state index >= 15 is 0 Å². The van der Waals surface area contributed by atoms with Gasteiger partial charge in [-0.3, -0.25) is 14.8 Å². The molecule has 0 bridgehead atoms. The molecule has 0 spiro atoms. The van der Waals surface area contributed by atoms with E-state index in [0.29, 0.717) is 38.4 Å². The van der Waals surface area contributed by atoms with E-state index in [0.717, 1.165) is 17.3 Å². The van der Waals surface area contributed by atoms with Crippen LogP contribution < -0.4 is 0 Å². The maximum atomic E-state index is 13.9. The van der Waals surface area contributed by atoms with Crippen LogP contribution in [0.15, 0.2) is 40.6 Å². The van der Waals surface area contributed by atoms with Gasteiger partial charge in [0.05, 0.1) is 12.2 Å². The van der Waals surface area contributed by atoms with Gasteiger partial charge in [-0.05, 0) is 35.6 Å². The van der Waals surface area contributed by atoms with Gasteiger partial charge in [0.2, 0.25) is 11.7 Å². The van der Waals surface area contributed by atoms with Gasteiger partial charge < -0.3 is 4.90 Å². The van der Waals surface area contributed by atoms with Crippen molar-refractivity contribution in [2.45, 2.75) is 51.0 Å². The Morgan fingerprint density at radius 2 is 2.00 bits per heavy atom. The van der Waals surface area contributed by atoms with E-state index in [1.807, 2.05) is 6.07 Å². The van der Waals surface area contributed by atoms with Gasteiger partial charge in [-0.1, -0.05) is 12.1 Å². The fourth-order valence-electron chi connectivity index (χ4n) is 4.09. The molecule has 2 aromatic rings. The molecule has 1 unspecified atom stereocenters. The second-order valence-electron chi connectivity index (χ2n) is 7.93. The summed E-state index contributed by atoms with van der Waals surface area (Å²) >= 11 is 0. The Morgan fingerprint density at radius 1 is 1.21 bits per heavy atom. The van der Waals surface area contributed by atoms with Crippen molar-refractivity contribution in [2.75, 3.05) is 0 Å². The van der Waals surface area contributed by atoms with Gasteiger partial charge in [-0.15, -0.1) is 0 Å². The van der Waals surface area contributed by atoms with Gasteiger partial charge in [0.15, 0.2) is 5.82 Å². The quantitative estimate of drug-likeness (QED) is 0.611. The average Bonchev–Trinajstić information content (AvgIpc) is 3.22. The van der Waals surface area contributed by atoms with Gasteiger partial charge in [0, 0.05) is 43.9 Å². The first kappa shape index (κ1) is 22.6.